The Bertz CT molecular complexity index is 358. The summed E-state index contributed by atoms with van der Waals surface area (Å²) in [6.07, 6.45) is -0.180. The maximum atomic E-state index is 12.0. The molecule has 0 fully saturated rings. The van der Waals surface area contributed by atoms with Crippen LogP contribution in [-0.2, 0) is 19.1 Å². The minimum atomic E-state index is -1.09. The van der Waals surface area contributed by atoms with E-state index in [9.17, 15) is 14.7 Å². The molecule has 0 saturated heterocycles. The van der Waals surface area contributed by atoms with E-state index in [2.05, 4.69) is 0 Å². The van der Waals surface area contributed by atoms with Gasteiger partial charge in [-0.1, -0.05) is 20.3 Å². The quantitative estimate of drug-likeness (QED) is 0.523. The van der Waals surface area contributed by atoms with Crippen molar-refractivity contribution in [2.45, 2.75) is 66.6 Å². The lowest BCUT2D eigenvalue weighted by Gasteiger charge is -2.29. The van der Waals surface area contributed by atoms with Crippen molar-refractivity contribution in [2.75, 3.05) is 13.2 Å². The minimum absolute atomic E-state index is 0.0925. The molecule has 2 atom stereocenters. The first-order valence-electron chi connectivity index (χ1n) is 7.50. The second kappa shape index (κ2) is 7.90. The van der Waals surface area contributed by atoms with Gasteiger partial charge in [-0.05, 0) is 40.5 Å². The Balaban J connectivity index is 4.28. The number of ether oxygens (including phenoxy) is 2. The topological polar surface area (TPSA) is 72.8 Å². The number of ketones is 1. The number of Topliss-reactive ketones (excluding diaryl/α,β-unsaturated/α-hetero) is 1. The molecule has 0 saturated carbocycles. The standard InChI is InChI=1S/C16H30O5/c1-8-11(2)15(4,5)14(19)20-9-10-21-16(6,7)13(18)12(3)17/h11-12,17H,8-10H2,1-7H3. The molecule has 0 amide bonds. The van der Waals surface area contributed by atoms with E-state index in [0.29, 0.717) is 0 Å². The molecule has 2 unspecified atom stereocenters. The number of esters is 1. The molecule has 21 heavy (non-hydrogen) atoms. The van der Waals surface area contributed by atoms with Gasteiger partial charge in [-0.25, -0.2) is 0 Å². The monoisotopic (exact) mass is 302 g/mol. The Kier molecular flexibility index (Phi) is 7.54. The number of hydrogen-bond acceptors (Lipinski definition) is 5. The molecule has 5 heteroatoms. The molecule has 5 nitrogen and oxygen atoms in total. The van der Waals surface area contributed by atoms with E-state index in [1.54, 1.807) is 13.8 Å². The Labute approximate surface area is 128 Å². The summed E-state index contributed by atoms with van der Waals surface area (Å²) < 4.78 is 10.6. The van der Waals surface area contributed by atoms with Crippen molar-refractivity contribution in [3.05, 3.63) is 0 Å². The fourth-order valence-electron chi connectivity index (χ4n) is 1.90. The minimum Gasteiger partial charge on any atom is -0.463 e. The predicted octanol–water partition coefficient (Wildman–Crippen LogP) is 2.35. The van der Waals surface area contributed by atoms with Crippen molar-refractivity contribution in [1.29, 1.82) is 0 Å². The summed E-state index contributed by atoms with van der Waals surface area (Å²) in [6, 6.07) is 0. The maximum absolute atomic E-state index is 12.0. The first kappa shape index (κ1) is 20.1. The van der Waals surface area contributed by atoms with E-state index in [4.69, 9.17) is 9.47 Å². The van der Waals surface area contributed by atoms with E-state index in [1.807, 2.05) is 27.7 Å². The molecule has 124 valence electrons. The molecule has 0 heterocycles. The molecule has 0 aromatic heterocycles. The third kappa shape index (κ3) is 5.75. The van der Waals surface area contributed by atoms with Gasteiger partial charge in [-0.2, -0.15) is 0 Å². The average molecular weight is 302 g/mol. The van der Waals surface area contributed by atoms with Crippen molar-refractivity contribution in [2.24, 2.45) is 11.3 Å². The smallest absolute Gasteiger partial charge is 0.311 e. The maximum Gasteiger partial charge on any atom is 0.311 e. The van der Waals surface area contributed by atoms with E-state index in [0.717, 1.165) is 6.42 Å². The van der Waals surface area contributed by atoms with Crippen molar-refractivity contribution >= 4 is 11.8 Å². The van der Waals surface area contributed by atoms with Gasteiger partial charge in [0.1, 0.15) is 18.3 Å². The lowest BCUT2D eigenvalue weighted by molar-refractivity contribution is -0.162. The summed E-state index contributed by atoms with van der Waals surface area (Å²) in [5.74, 6) is -0.437. The molecular weight excluding hydrogens is 272 g/mol. The van der Waals surface area contributed by atoms with Gasteiger partial charge in [0, 0.05) is 0 Å². The molecule has 0 aliphatic rings. The van der Waals surface area contributed by atoms with Gasteiger partial charge in [0.05, 0.1) is 12.0 Å². The molecule has 0 aliphatic carbocycles. The average Bonchev–Trinajstić information content (AvgIpc) is 2.40. The Hall–Kier alpha value is -0.940. The predicted molar refractivity (Wildman–Crippen MR) is 80.9 cm³/mol. The van der Waals surface area contributed by atoms with E-state index in [-0.39, 0.29) is 25.1 Å². The molecule has 0 bridgehead atoms. The molecule has 0 aliphatic heterocycles. The molecule has 1 N–H and O–H groups in total. The van der Waals surface area contributed by atoms with Gasteiger partial charge in [-0.15, -0.1) is 0 Å². The summed E-state index contributed by atoms with van der Waals surface area (Å²) >= 11 is 0. The highest BCUT2D eigenvalue weighted by molar-refractivity contribution is 5.89. The van der Waals surface area contributed by atoms with Gasteiger partial charge in [0.25, 0.3) is 0 Å². The first-order valence-corrected chi connectivity index (χ1v) is 7.50. The Morgan fingerprint density at radius 2 is 1.62 bits per heavy atom. The van der Waals surface area contributed by atoms with Crippen LogP contribution in [-0.4, -0.2) is 41.8 Å². The molecule has 0 aromatic rings. The fourth-order valence-corrected chi connectivity index (χ4v) is 1.90. The van der Waals surface area contributed by atoms with E-state index < -0.39 is 22.9 Å². The number of carbonyl (C=O) groups excluding carboxylic acids is 2. The zero-order valence-electron chi connectivity index (χ0n) is 14.4. The van der Waals surface area contributed by atoms with Gasteiger partial charge in [0.15, 0.2) is 5.78 Å². The lowest BCUT2D eigenvalue weighted by atomic mass is 9.78. The third-order valence-electron chi connectivity index (χ3n) is 4.12. The zero-order chi connectivity index (χ0) is 16.8. The van der Waals surface area contributed by atoms with Gasteiger partial charge in [-0.3, -0.25) is 9.59 Å². The van der Waals surface area contributed by atoms with Crippen LogP contribution < -0.4 is 0 Å². The second-order valence-electron chi connectivity index (χ2n) is 6.57. The van der Waals surface area contributed by atoms with Crippen LogP contribution in [0.4, 0.5) is 0 Å². The molecule has 0 radical (unpaired) electrons. The lowest BCUT2D eigenvalue weighted by Crippen LogP contribution is -2.42. The summed E-state index contributed by atoms with van der Waals surface area (Å²) in [4.78, 5) is 23.7. The van der Waals surface area contributed by atoms with Crippen LogP contribution in [0.25, 0.3) is 0 Å². The molecule has 0 rings (SSSR count). The van der Waals surface area contributed by atoms with Crippen LogP contribution in [0, 0.1) is 11.3 Å². The summed E-state index contributed by atoms with van der Waals surface area (Å²) in [5.41, 5.74) is -1.63. The molecular formula is C16H30O5. The van der Waals surface area contributed by atoms with Crippen molar-refractivity contribution in [3.8, 4) is 0 Å². The van der Waals surface area contributed by atoms with Crippen LogP contribution in [0.5, 0.6) is 0 Å². The summed E-state index contributed by atoms with van der Waals surface area (Å²) in [6.45, 7) is 12.6. The number of rotatable bonds is 9. The van der Waals surface area contributed by atoms with Gasteiger partial charge < -0.3 is 14.6 Å². The highest BCUT2D eigenvalue weighted by Gasteiger charge is 2.35. The van der Waals surface area contributed by atoms with Crippen LogP contribution >= 0.6 is 0 Å². The van der Waals surface area contributed by atoms with Gasteiger partial charge >= 0.3 is 5.97 Å². The molecule has 0 spiro atoms. The van der Waals surface area contributed by atoms with Crippen LogP contribution in [0.1, 0.15) is 54.9 Å². The number of hydrogen-bond donors (Lipinski definition) is 1. The van der Waals surface area contributed by atoms with Crippen molar-refractivity contribution in [3.63, 3.8) is 0 Å². The second-order valence-corrected chi connectivity index (χ2v) is 6.57. The van der Waals surface area contributed by atoms with Crippen molar-refractivity contribution < 1.29 is 24.2 Å². The Morgan fingerprint density at radius 1 is 1.10 bits per heavy atom. The van der Waals surface area contributed by atoms with Crippen LogP contribution in [0.3, 0.4) is 0 Å². The zero-order valence-corrected chi connectivity index (χ0v) is 14.4. The fraction of sp³-hybridized carbons (Fsp3) is 0.875. The summed E-state index contributed by atoms with van der Waals surface area (Å²) in [7, 11) is 0. The largest absolute Gasteiger partial charge is 0.463 e. The van der Waals surface area contributed by atoms with E-state index in [1.165, 1.54) is 6.92 Å². The number of carbonyl (C=O) groups is 2. The number of aliphatic hydroxyl groups excluding tert-OH is 1. The normalized spacial score (nSPS) is 15.4. The summed E-state index contributed by atoms with van der Waals surface area (Å²) in [5, 5.41) is 9.28. The third-order valence-corrected chi connectivity index (χ3v) is 4.12. The highest BCUT2D eigenvalue weighted by atomic mass is 16.6. The first-order chi connectivity index (χ1) is 9.46. The van der Waals surface area contributed by atoms with Crippen LogP contribution in [0.15, 0.2) is 0 Å². The van der Waals surface area contributed by atoms with Gasteiger partial charge in [0.2, 0.25) is 0 Å². The Morgan fingerprint density at radius 3 is 2.05 bits per heavy atom. The SMILES string of the molecule is CCC(C)C(C)(C)C(=O)OCCOC(C)(C)C(=O)C(C)O. The van der Waals surface area contributed by atoms with Crippen molar-refractivity contribution in [1.82, 2.24) is 0 Å². The highest BCUT2D eigenvalue weighted by Crippen LogP contribution is 2.30. The van der Waals surface area contributed by atoms with E-state index >= 15 is 0 Å². The molecule has 0 aromatic carbocycles. The number of aliphatic hydroxyl groups is 1. The van der Waals surface area contributed by atoms with Crippen LogP contribution in [0.2, 0.25) is 0 Å².